The van der Waals surface area contributed by atoms with Crippen molar-refractivity contribution in [2.45, 2.75) is 13.5 Å². The average Bonchev–Trinajstić information content (AvgIpc) is 2.60. The molecule has 6 heteroatoms. The zero-order valence-corrected chi connectivity index (χ0v) is 14.1. The maximum atomic E-state index is 13.1. The van der Waals surface area contributed by atoms with Gasteiger partial charge in [0.05, 0.1) is 0 Å². The van der Waals surface area contributed by atoms with Crippen LogP contribution in [0.3, 0.4) is 0 Å². The van der Waals surface area contributed by atoms with Crippen molar-refractivity contribution in [2.75, 3.05) is 17.7 Å². The van der Waals surface area contributed by atoms with Crippen molar-refractivity contribution in [1.82, 2.24) is 9.97 Å². The van der Waals surface area contributed by atoms with E-state index in [1.807, 2.05) is 42.3 Å². The molecule has 5 nitrogen and oxygen atoms in total. The topological polar surface area (TPSA) is 64.3 Å². The van der Waals surface area contributed by atoms with E-state index in [4.69, 9.17) is 10.5 Å². The van der Waals surface area contributed by atoms with E-state index in [1.54, 1.807) is 19.1 Å². The molecule has 2 N–H and O–H groups in total. The van der Waals surface area contributed by atoms with Gasteiger partial charge in [0.2, 0.25) is 5.88 Å². The van der Waals surface area contributed by atoms with Crippen LogP contribution in [0, 0.1) is 12.7 Å². The van der Waals surface area contributed by atoms with Gasteiger partial charge in [0.25, 0.3) is 0 Å². The van der Waals surface area contributed by atoms with Gasteiger partial charge in [-0.15, -0.1) is 0 Å². The molecule has 0 saturated carbocycles. The van der Waals surface area contributed by atoms with Crippen LogP contribution in [0.4, 0.5) is 15.9 Å². The molecule has 0 spiro atoms. The molecule has 0 aliphatic carbocycles. The molecule has 0 aliphatic heterocycles. The fourth-order valence-electron chi connectivity index (χ4n) is 2.45. The van der Waals surface area contributed by atoms with Crippen LogP contribution in [-0.2, 0) is 6.54 Å². The number of hydrogen-bond acceptors (Lipinski definition) is 5. The summed E-state index contributed by atoms with van der Waals surface area (Å²) in [7, 11) is 1.87. The van der Waals surface area contributed by atoms with Gasteiger partial charge in [-0.3, -0.25) is 0 Å². The van der Waals surface area contributed by atoms with Crippen LogP contribution in [-0.4, -0.2) is 17.0 Å². The van der Waals surface area contributed by atoms with Gasteiger partial charge in [-0.25, -0.2) is 9.37 Å². The lowest BCUT2D eigenvalue weighted by molar-refractivity contribution is 0.462. The number of ether oxygens (including phenoxy) is 1. The van der Waals surface area contributed by atoms with E-state index in [0.717, 1.165) is 5.56 Å². The van der Waals surface area contributed by atoms with Crippen LogP contribution >= 0.6 is 0 Å². The van der Waals surface area contributed by atoms with Crippen LogP contribution in [0.1, 0.15) is 11.4 Å². The lowest BCUT2D eigenvalue weighted by Gasteiger charge is -2.21. The Balaban J connectivity index is 1.86. The number of aryl methyl sites for hydroxylation is 1. The van der Waals surface area contributed by atoms with Crippen LogP contribution in [0.15, 0.2) is 54.6 Å². The number of nitrogens with zero attached hydrogens (tertiary/aromatic N) is 3. The summed E-state index contributed by atoms with van der Waals surface area (Å²) < 4.78 is 18.8. The normalized spacial score (nSPS) is 10.5. The van der Waals surface area contributed by atoms with Gasteiger partial charge in [-0.2, -0.15) is 4.98 Å². The first-order valence-electron chi connectivity index (χ1n) is 7.85. The van der Waals surface area contributed by atoms with Crippen molar-refractivity contribution in [1.29, 1.82) is 0 Å². The highest BCUT2D eigenvalue weighted by molar-refractivity contribution is 5.68. The standard InChI is InChI=1S/C19H19FN4O/c1-13-22-18(24(2)12-14-8-10-15(20)11-9-14)17(21)19(23-13)25-16-6-4-3-5-7-16/h3-11H,12,21H2,1-2H3. The smallest absolute Gasteiger partial charge is 0.248 e. The summed E-state index contributed by atoms with van der Waals surface area (Å²) in [5, 5.41) is 0. The third kappa shape index (κ3) is 4.03. The molecule has 25 heavy (non-hydrogen) atoms. The van der Waals surface area contributed by atoms with Crippen molar-refractivity contribution in [3.05, 3.63) is 71.8 Å². The summed E-state index contributed by atoms with van der Waals surface area (Å²) in [5.41, 5.74) is 7.54. The molecular formula is C19H19FN4O. The Bertz CT molecular complexity index is 853. The third-order valence-electron chi connectivity index (χ3n) is 3.65. The number of halogens is 1. The zero-order chi connectivity index (χ0) is 17.8. The highest BCUT2D eigenvalue weighted by atomic mass is 19.1. The first kappa shape index (κ1) is 16.7. The van der Waals surface area contributed by atoms with Crippen molar-refractivity contribution in [3.8, 4) is 11.6 Å². The molecule has 0 saturated heterocycles. The van der Waals surface area contributed by atoms with E-state index in [-0.39, 0.29) is 5.82 Å². The van der Waals surface area contributed by atoms with E-state index >= 15 is 0 Å². The van der Waals surface area contributed by atoms with Crippen LogP contribution in [0.25, 0.3) is 0 Å². The maximum absolute atomic E-state index is 13.1. The molecule has 1 aromatic heterocycles. The van der Waals surface area contributed by atoms with Crippen LogP contribution < -0.4 is 15.4 Å². The monoisotopic (exact) mass is 338 g/mol. The van der Waals surface area contributed by atoms with E-state index in [9.17, 15) is 4.39 Å². The van der Waals surface area contributed by atoms with Crippen molar-refractivity contribution >= 4 is 11.5 Å². The number of rotatable bonds is 5. The predicted octanol–water partition coefficient (Wildman–Crippen LogP) is 3.94. The third-order valence-corrected chi connectivity index (χ3v) is 3.65. The Hall–Kier alpha value is -3.15. The second kappa shape index (κ2) is 7.17. The predicted molar refractivity (Wildman–Crippen MR) is 96.2 cm³/mol. The SMILES string of the molecule is Cc1nc(Oc2ccccc2)c(N)c(N(C)Cc2ccc(F)cc2)n1. The summed E-state index contributed by atoms with van der Waals surface area (Å²) in [6, 6.07) is 15.7. The minimum atomic E-state index is -0.262. The molecule has 3 rings (SSSR count). The van der Waals surface area contributed by atoms with Crippen LogP contribution in [0.2, 0.25) is 0 Å². The Labute approximate surface area is 145 Å². The zero-order valence-electron chi connectivity index (χ0n) is 14.1. The molecule has 0 bridgehead atoms. The second-order valence-electron chi connectivity index (χ2n) is 5.71. The summed E-state index contributed by atoms with van der Waals surface area (Å²) in [4.78, 5) is 10.6. The highest BCUT2D eigenvalue weighted by Gasteiger charge is 2.16. The van der Waals surface area contributed by atoms with Gasteiger partial charge in [0, 0.05) is 13.6 Å². The number of anilines is 2. The quantitative estimate of drug-likeness (QED) is 0.763. The van der Waals surface area contributed by atoms with Gasteiger partial charge in [0.1, 0.15) is 23.1 Å². The summed E-state index contributed by atoms with van der Waals surface area (Å²) in [6.07, 6.45) is 0. The molecule has 2 aromatic carbocycles. The lowest BCUT2D eigenvalue weighted by atomic mass is 10.2. The molecule has 3 aromatic rings. The number of nitrogen functional groups attached to an aromatic ring is 1. The molecule has 0 unspecified atom stereocenters. The fourth-order valence-corrected chi connectivity index (χ4v) is 2.45. The van der Waals surface area contributed by atoms with Gasteiger partial charge < -0.3 is 15.4 Å². The first-order chi connectivity index (χ1) is 12.0. The van der Waals surface area contributed by atoms with Gasteiger partial charge >= 0.3 is 0 Å². The minimum absolute atomic E-state index is 0.262. The highest BCUT2D eigenvalue weighted by Crippen LogP contribution is 2.32. The number of hydrogen-bond donors (Lipinski definition) is 1. The second-order valence-corrected chi connectivity index (χ2v) is 5.71. The number of aromatic nitrogens is 2. The van der Waals surface area contributed by atoms with Crippen molar-refractivity contribution < 1.29 is 9.13 Å². The van der Waals surface area contributed by atoms with E-state index in [0.29, 0.717) is 35.5 Å². The van der Waals surface area contributed by atoms with Gasteiger partial charge in [-0.05, 0) is 36.8 Å². The minimum Gasteiger partial charge on any atom is -0.437 e. The summed E-state index contributed by atoms with van der Waals surface area (Å²) >= 11 is 0. The van der Waals surface area contributed by atoms with E-state index < -0.39 is 0 Å². The van der Waals surface area contributed by atoms with E-state index in [2.05, 4.69) is 9.97 Å². The largest absolute Gasteiger partial charge is 0.437 e. The Kier molecular flexibility index (Phi) is 4.79. The summed E-state index contributed by atoms with van der Waals surface area (Å²) in [5.74, 6) is 1.84. The maximum Gasteiger partial charge on any atom is 0.248 e. The Morgan fingerprint density at radius 3 is 2.40 bits per heavy atom. The number of nitrogens with two attached hydrogens (primary N) is 1. The molecule has 128 valence electrons. The van der Waals surface area contributed by atoms with Gasteiger partial charge in [0.15, 0.2) is 5.82 Å². The lowest BCUT2D eigenvalue weighted by Crippen LogP contribution is -2.20. The van der Waals surface area contributed by atoms with Crippen LogP contribution in [0.5, 0.6) is 11.6 Å². The van der Waals surface area contributed by atoms with Crippen molar-refractivity contribution in [3.63, 3.8) is 0 Å². The molecule has 0 amide bonds. The molecule has 0 radical (unpaired) electrons. The van der Waals surface area contributed by atoms with Crippen molar-refractivity contribution in [2.24, 2.45) is 0 Å². The Morgan fingerprint density at radius 2 is 1.72 bits per heavy atom. The molecule has 0 aliphatic rings. The number of benzene rings is 2. The Morgan fingerprint density at radius 1 is 1.04 bits per heavy atom. The molecule has 0 fully saturated rings. The average molecular weight is 338 g/mol. The summed E-state index contributed by atoms with van der Waals surface area (Å²) in [6.45, 7) is 2.32. The van der Waals surface area contributed by atoms with E-state index in [1.165, 1.54) is 12.1 Å². The molecule has 1 heterocycles. The first-order valence-corrected chi connectivity index (χ1v) is 7.85. The fraction of sp³-hybridized carbons (Fsp3) is 0.158. The molecule has 0 atom stereocenters. The number of para-hydroxylation sites is 1. The van der Waals surface area contributed by atoms with Gasteiger partial charge in [-0.1, -0.05) is 30.3 Å². The molecular weight excluding hydrogens is 319 g/mol.